The van der Waals surface area contributed by atoms with E-state index in [1.165, 1.54) is 11.3 Å². The number of rotatable bonds is 6. The predicted molar refractivity (Wildman–Crippen MR) is 103 cm³/mol. The molecular weight excluding hydrogens is 330 g/mol. The molecule has 1 N–H and O–H groups in total. The topological polar surface area (TPSA) is 38.3 Å². The number of thiophene rings is 1. The van der Waals surface area contributed by atoms with Crippen molar-refractivity contribution in [2.45, 2.75) is 19.9 Å². The van der Waals surface area contributed by atoms with Gasteiger partial charge in [0.25, 0.3) is 5.91 Å². The zero-order chi connectivity index (χ0) is 17.6. The molecule has 1 amide bonds. The highest BCUT2D eigenvalue weighted by molar-refractivity contribution is 7.12. The number of benzene rings is 2. The second-order valence-electron chi connectivity index (χ2n) is 5.73. The summed E-state index contributed by atoms with van der Waals surface area (Å²) in [6.07, 6.45) is 0. The number of carbonyl (C=O) groups excluding carboxylic acids is 1. The van der Waals surface area contributed by atoms with Gasteiger partial charge < -0.3 is 10.1 Å². The van der Waals surface area contributed by atoms with Crippen molar-refractivity contribution in [3.8, 4) is 16.9 Å². The van der Waals surface area contributed by atoms with E-state index >= 15 is 0 Å². The summed E-state index contributed by atoms with van der Waals surface area (Å²) < 4.78 is 5.54. The zero-order valence-corrected chi connectivity index (χ0v) is 15.2. The Kier molecular flexibility index (Phi) is 5.51. The predicted octanol–water partition coefficient (Wildman–Crippen LogP) is 5.30. The molecule has 0 aliphatic carbocycles. The molecule has 4 heteroatoms. The Labute approximate surface area is 152 Å². The van der Waals surface area contributed by atoms with Crippen molar-refractivity contribution in [1.82, 2.24) is 5.32 Å². The van der Waals surface area contributed by atoms with Crippen LogP contribution in [0.3, 0.4) is 0 Å². The molecule has 25 heavy (non-hydrogen) atoms. The first-order valence-corrected chi connectivity index (χ1v) is 9.23. The quantitative estimate of drug-likeness (QED) is 0.654. The summed E-state index contributed by atoms with van der Waals surface area (Å²) in [4.78, 5) is 13.5. The van der Waals surface area contributed by atoms with Gasteiger partial charge in [-0.1, -0.05) is 42.5 Å². The molecule has 128 valence electrons. The summed E-state index contributed by atoms with van der Waals surface area (Å²) in [5.41, 5.74) is 3.05. The van der Waals surface area contributed by atoms with Crippen molar-refractivity contribution in [2.75, 3.05) is 6.61 Å². The smallest absolute Gasteiger partial charge is 0.262 e. The summed E-state index contributed by atoms with van der Waals surface area (Å²) in [7, 11) is 0. The number of amides is 1. The molecule has 0 spiro atoms. The van der Waals surface area contributed by atoms with Gasteiger partial charge in [-0.25, -0.2) is 0 Å². The first kappa shape index (κ1) is 17.2. The second kappa shape index (κ2) is 7.99. The van der Waals surface area contributed by atoms with Gasteiger partial charge in [-0.15, -0.1) is 11.3 Å². The maximum Gasteiger partial charge on any atom is 0.262 e. The zero-order valence-electron chi connectivity index (χ0n) is 14.4. The van der Waals surface area contributed by atoms with Crippen LogP contribution in [0.15, 0.2) is 66.0 Å². The van der Waals surface area contributed by atoms with Crippen LogP contribution in [0.25, 0.3) is 11.1 Å². The first-order valence-electron chi connectivity index (χ1n) is 8.35. The average Bonchev–Trinajstić information content (AvgIpc) is 3.13. The monoisotopic (exact) mass is 351 g/mol. The minimum atomic E-state index is -0.0985. The molecule has 3 aromatic rings. The minimum Gasteiger partial charge on any atom is -0.494 e. The normalized spacial score (nSPS) is 11.8. The van der Waals surface area contributed by atoms with E-state index in [9.17, 15) is 4.79 Å². The lowest BCUT2D eigenvalue weighted by molar-refractivity contribution is 0.0944. The highest BCUT2D eigenvalue weighted by Crippen LogP contribution is 2.29. The lowest BCUT2D eigenvalue weighted by Gasteiger charge is -2.15. The van der Waals surface area contributed by atoms with Crippen molar-refractivity contribution in [3.63, 3.8) is 0 Å². The first-order chi connectivity index (χ1) is 12.2. The Balaban J connectivity index is 1.77. The molecule has 3 nitrogen and oxygen atoms in total. The van der Waals surface area contributed by atoms with Crippen LogP contribution in [0.2, 0.25) is 0 Å². The number of carbonyl (C=O) groups is 1. The summed E-state index contributed by atoms with van der Waals surface area (Å²) in [6.45, 7) is 4.57. The lowest BCUT2D eigenvalue weighted by Crippen LogP contribution is -2.26. The molecule has 0 radical (unpaired) electrons. The van der Waals surface area contributed by atoms with Gasteiger partial charge in [-0.2, -0.15) is 0 Å². The molecule has 1 aromatic heterocycles. The van der Waals surface area contributed by atoms with Crippen LogP contribution in [0, 0.1) is 0 Å². The summed E-state index contributed by atoms with van der Waals surface area (Å²) in [5, 5.41) is 5.05. The van der Waals surface area contributed by atoms with E-state index in [2.05, 4.69) is 5.32 Å². The van der Waals surface area contributed by atoms with E-state index < -0.39 is 0 Å². The SMILES string of the molecule is CCOc1cccc(C(C)NC(=O)c2sccc2-c2ccccc2)c1. The molecule has 1 unspecified atom stereocenters. The average molecular weight is 351 g/mol. The largest absolute Gasteiger partial charge is 0.494 e. The van der Waals surface area contributed by atoms with Crippen molar-refractivity contribution in [3.05, 3.63) is 76.5 Å². The third-order valence-corrected chi connectivity index (χ3v) is 4.89. The molecule has 1 heterocycles. The van der Waals surface area contributed by atoms with Crippen molar-refractivity contribution >= 4 is 17.2 Å². The minimum absolute atomic E-state index is 0.0526. The van der Waals surface area contributed by atoms with Crippen molar-refractivity contribution < 1.29 is 9.53 Å². The number of hydrogen-bond acceptors (Lipinski definition) is 3. The Bertz CT molecular complexity index is 842. The third-order valence-electron chi connectivity index (χ3n) is 3.97. The molecule has 0 saturated heterocycles. The van der Waals surface area contributed by atoms with Crippen LogP contribution in [-0.4, -0.2) is 12.5 Å². The van der Waals surface area contributed by atoms with E-state index in [4.69, 9.17) is 4.74 Å². The van der Waals surface area contributed by atoms with Crippen molar-refractivity contribution in [1.29, 1.82) is 0 Å². The Morgan fingerprint density at radius 1 is 1.12 bits per heavy atom. The number of ether oxygens (including phenoxy) is 1. The van der Waals surface area contributed by atoms with E-state index in [-0.39, 0.29) is 11.9 Å². The van der Waals surface area contributed by atoms with Crippen molar-refractivity contribution in [2.24, 2.45) is 0 Å². The van der Waals surface area contributed by atoms with E-state index in [0.717, 1.165) is 27.3 Å². The molecular formula is C21H21NO2S. The van der Waals surface area contributed by atoms with E-state index in [1.807, 2.05) is 79.9 Å². The molecule has 0 aliphatic heterocycles. The lowest BCUT2D eigenvalue weighted by atomic mass is 10.1. The van der Waals surface area contributed by atoms with Crippen LogP contribution in [-0.2, 0) is 0 Å². The van der Waals surface area contributed by atoms with Gasteiger partial charge in [-0.05, 0) is 48.6 Å². The van der Waals surface area contributed by atoms with Crippen LogP contribution in [0.1, 0.15) is 35.1 Å². The highest BCUT2D eigenvalue weighted by atomic mass is 32.1. The van der Waals surface area contributed by atoms with Crippen LogP contribution in [0.4, 0.5) is 0 Å². The Morgan fingerprint density at radius 2 is 1.92 bits per heavy atom. The maximum atomic E-state index is 12.8. The van der Waals surface area contributed by atoms with Gasteiger partial charge in [0, 0.05) is 5.56 Å². The third kappa shape index (κ3) is 4.09. The molecule has 0 fully saturated rings. The summed E-state index contributed by atoms with van der Waals surface area (Å²) in [6, 6.07) is 19.7. The van der Waals surface area contributed by atoms with Gasteiger partial charge in [0.05, 0.1) is 17.5 Å². The fraction of sp³-hybridized carbons (Fsp3) is 0.190. The summed E-state index contributed by atoms with van der Waals surface area (Å²) >= 11 is 1.46. The fourth-order valence-corrected chi connectivity index (χ4v) is 3.54. The molecule has 1 atom stereocenters. The van der Waals surface area contributed by atoms with Crippen LogP contribution >= 0.6 is 11.3 Å². The second-order valence-corrected chi connectivity index (χ2v) is 6.65. The van der Waals surface area contributed by atoms with Gasteiger partial charge in [-0.3, -0.25) is 4.79 Å². The standard InChI is InChI=1S/C21H21NO2S/c1-3-24-18-11-7-10-17(14-18)15(2)22-21(23)20-19(12-13-25-20)16-8-5-4-6-9-16/h4-15H,3H2,1-2H3,(H,22,23). The molecule has 2 aromatic carbocycles. The van der Waals surface area contributed by atoms with E-state index in [0.29, 0.717) is 6.61 Å². The maximum absolute atomic E-state index is 12.8. The number of nitrogens with one attached hydrogen (secondary N) is 1. The molecule has 0 aliphatic rings. The van der Waals surface area contributed by atoms with Gasteiger partial charge >= 0.3 is 0 Å². The molecule has 3 rings (SSSR count). The van der Waals surface area contributed by atoms with Gasteiger partial charge in [0.2, 0.25) is 0 Å². The van der Waals surface area contributed by atoms with Crippen LogP contribution < -0.4 is 10.1 Å². The van der Waals surface area contributed by atoms with E-state index in [1.54, 1.807) is 0 Å². The molecule has 0 saturated carbocycles. The number of hydrogen-bond donors (Lipinski definition) is 1. The fourth-order valence-electron chi connectivity index (χ4n) is 2.72. The Morgan fingerprint density at radius 3 is 2.68 bits per heavy atom. The van der Waals surface area contributed by atoms with Crippen LogP contribution in [0.5, 0.6) is 5.75 Å². The Hall–Kier alpha value is -2.59. The molecule has 0 bridgehead atoms. The van der Waals surface area contributed by atoms with Gasteiger partial charge in [0.1, 0.15) is 5.75 Å². The highest BCUT2D eigenvalue weighted by Gasteiger charge is 2.17. The van der Waals surface area contributed by atoms with Gasteiger partial charge in [0.15, 0.2) is 0 Å². The summed E-state index contributed by atoms with van der Waals surface area (Å²) in [5.74, 6) is 0.769.